The highest BCUT2D eigenvalue weighted by Crippen LogP contribution is 2.39. The second-order valence-corrected chi connectivity index (χ2v) is 6.21. The molecule has 160 valence electrons. The number of anilines is 1. The largest absolute Gasteiger partial charge is 0.490 e. The molecular formula is C20H17N3O8. The van der Waals surface area contributed by atoms with E-state index in [9.17, 15) is 24.5 Å². The molecule has 11 heteroatoms. The standard InChI is InChI=1S/C20H17N3O8/c1-2-30-16-10-12(9-15(23(28)29)18(16)31-11-17(24)25)8-14-19(26)21-22(20(14)27)13-6-4-3-5-7-13/h3-10H,2,11H2,1H3,(H,21,26)(H,24,25)/b14-8-. The summed E-state index contributed by atoms with van der Waals surface area (Å²) in [5.41, 5.74) is 2.21. The van der Waals surface area contributed by atoms with Crippen molar-refractivity contribution in [1.82, 2.24) is 5.43 Å². The average Bonchev–Trinajstić information content (AvgIpc) is 3.01. The van der Waals surface area contributed by atoms with Crippen LogP contribution in [0.5, 0.6) is 11.5 Å². The van der Waals surface area contributed by atoms with E-state index in [2.05, 4.69) is 5.43 Å². The van der Waals surface area contributed by atoms with Crippen molar-refractivity contribution in [3.63, 3.8) is 0 Å². The first kappa shape index (κ1) is 21.3. The van der Waals surface area contributed by atoms with Crippen LogP contribution in [-0.2, 0) is 14.4 Å². The summed E-state index contributed by atoms with van der Waals surface area (Å²) in [4.78, 5) is 46.6. The van der Waals surface area contributed by atoms with E-state index in [1.165, 1.54) is 12.1 Å². The Morgan fingerprint density at radius 1 is 1.23 bits per heavy atom. The number of hydrogen-bond donors (Lipinski definition) is 2. The van der Waals surface area contributed by atoms with Crippen LogP contribution in [-0.4, -0.2) is 41.0 Å². The number of ether oxygens (including phenoxy) is 2. The van der Waals surface area contributed by atoms with E-state index in [1.807, 2.05) is 0 Å². The third-order valence-corrected chi connectivity index (χ3v) is 4.11. The number of nitro groups is 1. The summed E-state index contributed by atoms with van der Waals surface area (Å²) in [6.07, 6.45) is 1.19. The first-order chi connectivity index (χ1) is 14.8. The van der Waals surface area contributed by atoms with Crippen LogP contribution in [0.2, 0.25) is 0 Å². The number of carbonyl (C=O) groups excluding carboxylic acids is 2. The van der Waals surface area contributed by atoms with Gasteiger partial charge >= 0.3 is 11.7 Å². The predicted octanol–water partition coefficient (Wildman–Crippen LogP) is 1.92. The van der Waals surface area contributed by atoms with E-state index >= 15 is 0 Å². The van der Waals surface area contributed by atoms with Crippen LogP contribution < -0.4 is 19.9 Å². The number of carboxylic acid groups (broad SMARTS) is 1. The van der Waals surface area contributed by atoms with Crippen LogP contribution in [0.15, 0.2) is 48.0 Å². The Labute approximate surface area is 175 Å². The third-order valence-electron chi connectivity index (χ3n) is 4.11. The molecule has 3 rings (SSSR count). The van der Waals surface area contributed by atoms with Gasteiger partial charge in [0.05, 0.1) is 17.2 Å². The number of nitrogens with one attached hydrogen (secondary N) is 1. The van der Waals surface area contributed by atoms with Gasteiger partial charge in [0.1, 0.15) is 5.57 Å². The molecule has 2 N–H and O–H groups in total. The first-order valence-electron chi connectivity index (χ1n) is 9.03. The van der Waals surface area contributed by atoms with Crippen molar-refractivity contribution in [2.24, 2.45) is 0 Å². The van der Waals surface area contributed by atoms with E-state index in [4.69, 9.17) is 14.6 Å². The molecule has 0 aliphatic carbocycles. The Balaban J connectivity index is 2.03. The topological polar surface area (TPSA) is 148 Å². The Morgan fingerprint density at radius 2 is 1.94 bits per heavy atom. The number of nitrogens with zero attached hydrogens (tertiary/aromatic N) is 2. The number of aliphatic carboxylic acids is 1. The lowest BCUT2D eigenvalue weighted by molar-refractivity contribution is -0.385. The molecule has 0 radical (unpaired) electrons. The lowest BCUT2D eigenvalue weighted by atomic mass is 10.1. The summed E-state index contributed by atoms with van der Waals surface area (Å²) < 4.78 is 10.4. The van der Waals surface area contributed by atoms with Gasteiger partial charge in [-0.05, 0) is 36.8 Å². The number of para-hydroxylation sites is 1. The Hall–Kier alpha value is -4.41. The normalized spacial score (nSPS) is 14.5. The Kier molecular flexibility index (Phi) is 6.15. The van der Waals surface area contributed by atoms with Crippen molar-refractivity contribution in [3.05, 3.63) is 63.7 Å². The SMILES string of the molecule is CCOc1cc(/C=C2/C(=O)NN(c3ccccc3)C2=O)cc([N+](=O)[O-])c1OCC(=O)O. The van der Waals surface area contributed by atoms with Gasteiger partial charge in [0.2, 0.25) is 5.75 Å². The molecule has 1 fully saturated rings. The second kappa shape index (κ2) is 8.95. The zero-order valence-corrected chi connectivity index (χ0v) is 16.2. The molecule has 0 atom stereocenters. The van der Waals surface area contributed by atoms with Crippen molar-refractivity contribution in [2.75, 3.05) is 18.2 Å². The summed E-state index contributed by atoms with van der Waals surface area (Å²) in [6, 6.07) is 10.8. The molecular weight excluding hydrogens is 410 g/mol. The van der Waals surface area contributed by atoms with Crippen LogP contribution in [0.3, 0.4) is 0 Å². The van der Waals surface area contributed by atoms with Crippen molar-refractivity contribution in [3.8, 4) is 11.5 Å². The van der Waals surface area contributed by atoms with Crippen LogP contribution >= 0.6 is 0 Å². The highest BCUT2D eigenvalue weighted by Gasteiger charge is 2.34. The van der Waals surface area contributed by atoms with E-state index in [-0.39, 0.29) is 29.2 Å². The molecule has 2 amide bonds. The summed E-state index contributed by atoms with van der Waals surface area (Å²) in [7, 11) is 0. The van der Waals surface area contributed by atoms with Gasteiger partial charge in [0.15, 0.2) is 12.4 Å². The molecule has 2 aromatic carbocycles. The lowest BCUT2D eigenvalue weighted by Crippen LogP contribution is -2.35. The molecule has 0 bridgehead atoms. The van der Waals surface area contributed by atoms with Crippen LogP contribution in [0.1, 0.15) is 12.5 Å². The fraction of sp³-hybridized carbons (Fsp3) is 0.150. The van der Waals surface area contributed by atoms with Gasteiger partial charge in [-0.2, -0.15) is 0 Å². The van der Waals surface area contributed by atoms with Gasteiger partial charge in [-0.3, -0.25) is 25.1 Å². The number of carboxylic acids is 1. The monoisotopic (exact) mass is 427 g/mol. The van der Waals surface area contributed by atoms with Gasteiger partial charge < -0.3 is 14.6 Å². The quantitative estimate of drug-likeness (QED) is 0.281. The zero-order chi connectivity index (χ0) is 22.5. The van der Waals surface area contributed by atoms with Crippen LogP contribution in [0.25, 0.3) is 6.08 Å². The van der Waals surface area contributed by atoms with Gasteiger partial charge in [-0.25, -0.2) is 9.80 Å². The molecule has 1 aliphatic rings. The highest BCUT2D eigenvalue weighted by molar-refractivity contribution is 6.31. The van der Waals surface area contributed by atoms with Crippen molar-refractivity contribution in [1.29, 1.82) is 0 Å². The third kappa shape index (κ3) is 4.61. The maximum Gasteiger partial charge on any atom is 0.341 e. The molecule has 0 unspecified atom stereocenters. The number of hydrogen-bond acceptors (Lipinski definition) is 7. The van der Waals surface area contributed by atoms with Gasteiger partial charge in [0, 0.05) is 6.07 Å². The van der Waals surface area contributed by atoms with Crippen molar-refractivity contribution in [2.45, 2.75) is 6.92 Å². The van der Waals surface area contributed by atoms with Crippen molar-refractivity contribution < 1.29 is 33.9 Å². The molecule has 31 heavy (non-hydrogen) atoms. The summed E-state index contributed by atoms with van der Waals surface area (Å²) in [6.45, 7) is 0.930. The first-order valence-corrected chi connectivity index (χ1v) is 9.03. The van der Waals surface area contributed by atoms with E-state index in [0.29, 0.717) is 5.69 Å². The minimum atomic E-state index is -1.32. The maximum absolute atomic E-state index is 12.7. The number of rotatable bonds is 8. The molecule has 1 saturated heterocycles. The maximum atomic E-state index is 12.7. The average molecular weight is 427 g/mol. The minimum absolute atomic E-state index is 0.0874. The summed E-state index contributed by atoms with van der Waals surface area (Å²) in [5.74, 6) is -3.08. The summed E-state index contributed by atoms with van der Waals surface area (Å²) >= 11 is 0. The molecule has 0 saturated carbocycles. The molecule has 11 nitrogen and oxygen atoms in total. The number of nitro benzene ring substituents is 1. The number of hydrazine groups is 1. The van der Waals surface area contributed by atoms with E-state index < -0.39 is 35.0 Å². The molecule has 0 spiro atoms. The Morgan fingerprint density at radius 3 is 2.55 bits per heavy atom. The highest BCUT2D eigenvalue weighted by atomic mass is 16.6. The van der Waals surface area contributed by atoms with Crippen LogP contribution in [0, 0.1) is 10.1 Å². The molecule has 1 heterocycles. The fourth-order valence-electron chi connectivity index (χ4n) is 2.85. The molecule has 2 aromatic rings. The second-order valence-electron chi connectivity index (χ2n) is 6.21. The predicted molar refractivity (Wildman–Crippen MR) is 107 cm³/mol. The van der Waals surface area contributed by atoms with Crippen LogP contribution in [0.4, 0.5) is 11.4 Å². The fourth-order valence-corrected chi connectivity index (χ4v) is 2.85. The number of benzene rings is 2. The molecule has 0 aromatic heterocycles. The van der Waals surface area contributed by atoms with Gasteiger partial charge in [-0.1, -0.05) is 18.2 Å². The Bertz CT molecular complexity index is 1080. The smallest absolute Gasteiger partial charge is 0.341 e. The minimum Gasteiger partial charge on any atom is -0.490 e. The van der Waals surface area contributed by atoms with Gasteiger partial charge in [0.25, 0.3) is 11.8 Å². The number of amides is 2. The summed E-state index contributed by atoms with van der Waals surface area (Å²) in [5, 5.41) is 21.4. The number of carbonyl (C=O) groups is 3. The lowest BCUT2D eigenvalue weighted by Gasteiger charge is -2.14. The van der Waals surface area contributed by atoms with E-state index in [1.54, 1.807) is 37.3 Å². The molecule has 1 aliphatic heterocycles. The van der Waals surface area contributed by atoms with E-state index in [0.717, 1.165) is 11.1 Å². The van der Waals surface area contributed by atoms with Gasteiger partial charge in [-0.15, -0.1) is 0 Å². The zero-order valence-electron chi connectivity index (χ0n) is 16.2. The van der Waals surface area contributed by atoms with Crippen molar-refractivity contribution >= 4 is 35.2 Å².